The summed E-state index contributed by atoms with van der Waals surface area (Å²) in [5.74, 6) is -0.0848. The fraction of sp³-hybridized carbons (Fsp3) is 0.462. The van der Waals surface area contributed by atoms with E-state index < -0.39 is 11.7 Å². The Morgan fingerprint density at radius 2 is 1.95 bits per heavy atom. The molecule has 0 unspecified atom stereocenters. The second kappa shape index (κ2) is 12.2. The third kappa shape index (κ3) is 6.48. The number of hydrogen-bond acceptors (Lipinski definition) is 8. The van der Waals surface area contributed by atoms with Gasteiger partial charge in [0.2, 0.25) is 12.2 Å². The largest absolute Gasteiger partial charge is 0.463 e. The van der Waals surface area contributed by atoms with Crippen LogP contribution in [0.4, 0.5) is 4.39 Å². The number of carbonyl (C=O) groups is 1. The lowest BCUT2D eigenvalue weighted by Gasteiger charge is -2.35. The fourth-order valence-electron chi connectivity index (χ4n) is 3.78. The van der Waals surface area contributed by atoms with Gasteiger partial charge in [-0.15, -0.1) is 0 Å². The van der Waals surface area contributed by atoms with Gasteiger partial charge in [-0.1, -0.05) is 6.92 Å². The van der Waals surface area contributed by atoms with Gasteiger partial charge in [-0.25, -0.2) is 14.4 Å². The monoisotopic (exact) mass is 513 g/mol. The second-order valence-electron chi connectivity index (χ2n) is 9.04. The van der Waals surface area contributed by atoms with Gasteiger partial charge in [0.1, 0.15) is 5.82 Å². The molecule has 198 valence electrons. The van der Waals surface area contributed by atoms with Crippen LogP contribution in [0.2, 0.25) is 0 Å². The zero-order chi connectivity index (χ0) is 26.3. The van der Waals surface area contributed by atoms with Crippen LogP contribution in [0.15, 0.2) is 36.5 Å². The molecule has 4 rings (SSSR count). The van der Waals surface area contributed by atoms with E-state index in [1.807, 2.05) is 6.92 Å². The van der Waals surface area contributed by atoms with Gasteiger partial charge >= 0.3 is 6.01 Å². The van der Waals surface area contributed by atoms with Gasteiger partial charge in [0, 0.05) is 32.0 Å². The maximum Gasteiger partial charge on any atom is 0.316 e. The highest BCUT2D eigenvalue weighted by atomic mass is 19.1. The van der Waals surface area contributed by atoms with Crippen LogP contribution < -0.4 is 10.1 Å². The quantitative estimate of drug-likeness (QED) is 0.373. The van der Waals surface area contributed by atoms with E-state index in [-0.39, 0.29) is 30.9 Å². The molecule has 0 saturated carbocycles. The number of nitrogens with one attached hydrogen (secondary N) is 2. The van der Waals surface area contributed by atoms with Crippen LogP contribution in [-0.4, -0.2) is 65.9 Å². The van der Waals surface area contributed by atoms with Crippen LogP contribution in [0.5, 0.6) is 6.01 Å². The minimum absolute atomic E-state index is 0.144. The van der Waals surface area contributed by atoms with E-state index in [0.29, 0.717) is 48.2 Å². The van der Waals surface area contributed by atoms with Crippen LogP contribution in [0.3, 0.4) is 0 Å². The van der Waals surface area contributed by atoms with E-state index in [9.17, 15) is 9.18 Å². The van der Waals surface area contributed by atoms with Crippen LogP contribution in [0, 0.1) is 11.2 Å². The van der Waals surface area contributed by atoms with Crippen molar-refractivity contribution in [3.8, 4) is 28.7 Å². The summed E-state index contributed by atoms with van der Waals surface area (Å²) >= 11 is 0. The van der Waals surface area contributed by atoms with Gasteiger partial charge < -0.3 is 29.2 Å². The van der Waals surface area contributed by atoms with Crippen molar-refractivity contribution in [2.75, 3.05) is 40.1 Å². The van der Waals surface area contributed by atoms with E-state index in [4.69, 9.17) is 23.9 Å². The molecule has 1 aliphatic heterocycles. The first-order valence-electron chi connectivity index (χ1n) is 12.3. The van der Waals surface area contributed by atoms with Gasteiger partial charge in [0.15, 0.2) is 5.82 Å². The Morgan fingerprint density at radius 1 is 1.19 bits per heavy atom. The first kappa shape index (κ1) is 26.6. The molecule has 1 aliphatic rings. The van der Waals surface area contributed by atoms with Crippen molar-refractivity contribution in [3.63, 3.8) is 0 Å². The lowest BCUT2D eigenvalue weighted by atomic mass is 9.91. The molecule has 1 aromatic carbocycles. The molecule has 11 heteroatoms. The van der Waals surface area contributed by atoms with Crippen molar-refractivity contribution in [2.45, 2.75) is 33.0 Å². The summed E-state index contributed by atoms with van der Waals surface area (Å²) in [6, 6.07) is 8.00. The van der Waals surface area contributed by atoms with Crippen LogP contribution in [0.25, 0.3) is 22.6 Å². The molecule has 10 nitrogen and oxygen atoms in total. The highest BCUT2D eigenvalue weighted by molar-refractivity contribution is 5.82. The number of aromatic amines is 1. The SMILES string of the molecule is CCCOc1nccc(-c2[nH]c(C3OCC(C)(C(=O)NCCCOC)CO3)nc2-c2ccc(F)cc2)n1. The summed E-state index contributed by atoms with van der Waals surface area (Å²) < 4.78 is 36.1. The minimum Gasteiger partial charge on any atom is -0.463 e. The number of aromatic nitrogens is 4. The summed E-state index contributed by atoms with van der Waals surface area (Å²) in [6.07, 6.45) is 2.33. The van der Waals surface area contributed by atoms with Gasteiger partial charge in [-0.05, 0) is 50.1 Å². The van der Waals surface area contributed by atoms with E-state index in [2.05, 4.69) is 20.3 Å². The number of amides is 1. The topological polar surface area (TPSA) is 120 Å². The zero-order valence-corrected chi connectivity index (χ0v) is 21.3. The molecular weight excluding hydrogens is 481 g/mol. The highest BCUT2D eigenvalue weighted by Gasteiger charge is 2.40. The molecular formula is C26H32FN5O5. The summed E-state index contributed by atoms with van der Waals surface area (Å²) in [6.45, 7) is 5.67. The Hall–Kier alpha value is -3.41. The number of methoxy groups -OCH3 is 1. The summed E-state index contributed by atoms with van der Waals surface area (Å²) in [5, 5.41) is 2.90. The van der Waals surface area contributed by atoms with Crippen molar-refractivity contribution in [2.24, 2.45) is 5.41 Å². The minimum atomic E-state index is -0.836. The van der Waals surface area contributed by atoms with Gasteiger partial charge in [-0.3, -0.25) is 4.79 Å². The number of halogens is 1. The Kier molecular flexibility index (Phi) is 8.80. The highest BCUT2D eigenvalue weighted by Crippen LogP contribution is 2.35. The molecule has 1 fully saturated rings. The Morgan fingerprint density at radius 3 is 2.65 bits per heavy atom. The number of nitrogens with zero attached hydrogens (tertiary/aromatic N) is 3. The zero-order valence-electron chi connectivity index (χ0n) is 21.3. The molecule has 1 saturated heterocycles. The summed E-state index contributed by atoms with van der Waals surface area (Å²) in [5.41, 5.74) is 1.53. The third-order valence-corrected chi connectivity index (χ3v) is 5.85. The van der Waals surface area contributed by atoms with E-state index in [0.717, 1.165) is 12.8 Å². The predicted molar refractivity (Wildman–Crippen MR) is 133 cm³/mol. The first-order valence-corrected chi connectivity index (χ1v) is 12.3. The van der Waals surface area contributed by atoms with Crippen LogP contribution in [0.1, 0.15) is 38.8 Å². The lowest BCUT2D eigenvalue weighted by Crippen LogP contribution is -2.48. The smallest absolute Gasteiger partial charge is 0.316 e. The van der Waals surface area contributed by atoms with Crippen molar-refractivity contribution < 1.29 is 28.1 Å². The number of ether oxygens (including phenoxy) is 4. The first-order chi connectivity index (χ1) is 17.9. The molecule has 2 N–H and O–H groups in total. The van der Waals surface area contributed by atoms with Crippen molar-refractivity contribution >= 4 is 5.91 Å². The average Bonchev–Trinajstić information content (AvgIpc) is 3.36. The molecule has 0 spiro atoms. The van der Waals surface area contributed by atoms with E-state index in [1.165, 1.54) is 12.1 Å². The average molecular weight is 514 g/mol. The molecule has 3 aromatic rings. The van der Waals surface area contributed by atoms with E-state index >= 15 is 0 Å². The van der Waals surface area contributed by atoms with Crippen molar-refractivity contribution in [1.82, 2.24) is 25.3 Å². The molecule has 3 heterocycles. The van der Waals surface area contributed by atoms with Gasteiger partial charge in [0.25, 0.3) is 0 Å². The number of benzene rings is 1. The summed E-state index contributed by atoms with van der Waals surface area (Å²) in [7, 11) is 1.62. The molecule has 0 bridgehead atoms. The Balaban J connectivity index is 1.56. The van der Waals surface area contributed by atoms with Gasteiger partial charge in [0.05, 0.1) is 42.3 Å². The molecule has 2 aromatic heterocycles. The second-order valence-corrected chi connectivity index (χ2v) is 9.04. The van der Waals surface area contributed by atoms with Gasteiger partial charge in [-0.2, -0.15) is 4.98 Å². The molecule has 0 aliphatic carbocycles. The molecule has 37 heavy (non-hydrogen) atoms. The maximum absolute atomic E-state index is 13.6. The standard InChI is InChI=1S/C26H32FN5O5/c1-4-13-35-25-29-12-10-19(30-25)21-20(17-6-8-18(27)9-7-17)31-22(32-21)23-36-15-26(2,16-37-23)24(33)28-11-5-14-34-3/h6-10,12,23H,4-5,11,13-16H2,1-3H3,(H,28,33)(H,31,32). The number of carbonyl (C=O) groups excluding carboxylic acids is 1. The molecule has 1 amide bonds. The number of H-pyrrole nitrogens is 1. The number of rotatable bonds is 11. The maximum atomic E-state index is 13.6. The third-order valence-electron chi connectivity index (χ3n) is 5.85. The summed E-state index contributed by atoms with van der Waals surface area (Å²) in [4.78, 5) is 29.3. The fourth-order valence-corrected chi connectivity index (χ4v) is 3.78. The number of hydrogen-bond donors (Lipinski definition) is 2. The van der Waals surface area contributed by atoms with Crippen molar-refractivity contribution in [3.05, 3.63) is 48.2 Å². The normalized spacial score (nSPS) is 19.5. The molecule has 0 radical (unpaired) electrons. The van der Waals surface area contributed by atoms with Crippen molar-refractivity contribution in [1.29, 1.82) is 0 Å². The Labute approximate surface area is 214 Å². The lowest BCUT2D eigenvalue weighted by molar-refractivity contribution is -0.231. The number of imidazole rings is 1. The van der Waals surface area contributed by atoms with E-state index in [1.54, 1.807) is 38.4 Å². The van der Waals surface area contributed by atoms with Crippen LogP contribution in [-0.2, 0) is 19.0 Å². The Bertz CT molecular complexity index is 1180. The van der Waals surface area contributed by atoms with Crippen LogP contribution >= 0.6 is 0 Å². The predicted octanol–water partition coefficient (Wildman–Crippen LogP) is 3.67. The molecule has 0 atom stereocenters.